The van der Waals surface area contributed by atoms with Crippen molar-refractivity contribution in [2.45, 2.75) is 26.6 Å². The Morgan fingerprint density at radius 2 is 1.71 bits per heavy atom. The van der Waals surface area contributed by atoms with Gasteiger partial charge in [0, 0.05) is 0 Å². The number of aromatic nitrogens is 2. The first-order chi connectivity index (χ1) is 11.1. The van der Waals surface area contributed by atoms with Crippen LogP contribution in [0.15, 0.2) is 47.6 Å². The first-order valence-electron chi connectivity index (χ1n) is 7.60. The molecule has 0 aliphatic heterocycles. The molecule has 4 nitrogen and oxygen atoms in total. The number of hydrogen-bond acceptors (Lipinski definition) is 3. The SMILES string of the molecule is Cc1ccc(S(=O)(=O)n2c[c]([Sn]([CH3])([CH3])[CH3])c3c(Cl)ccnc32)cc1. The third kappa shape index (κ3) is 2.97. The molecule has 0 amide bonds. The fraction of sp³-hybridized carbons (Fsp3) is 0.235. The Hall–Kier alpha value is -1.05. The normalized spacial score (nSPS) is 12.7. The second kappa shape index (κ2) is 6.04. The Morgan fingerprint density at radius 3 is 2.29 bits per heavy atom. The summed E-state index contributed by atoms with van der Waals surface area (Å²) in [7, 11) is -3.71. The molecule has 0 bridgehead atoms. The molecule has 0 aliphatic rings. The predicted octanol–water partition coefficient (Wildman–Crippen LogP) is 3.78. The molecular formula is C17H19ClN2O2SSn. The van der Waals surface area contributed by atoms with E-state index in [1.54, 1.807) is 42.7 Å². The van der Waals surface area contributed by atoms with Crippen molar-refractivity contribution in [3.05, 3.63) is 53.3 Å². The zero-order chi connectivity index (χ0) is 17.7. The third-order valence-electron chi connectivity index (χ3n) is 3.99. The molecule has 7 heteroatoms. The molecule has 1 aromatic carbocycles. The van der Waals surface area contributed by atoms with Gasteiger partial charge in [-0.1, -0.05) is 0 Å². The van der Waals surface area contributed by atoms with Crippen LogP contribution in [0.25, 0.3) is 11.0 Å². The summed E-state index contributed by atoms with van der Waals surface area (Å²) in [6.45, 7) is 1.93. The van der Waals surface area contributed by atoms with Crippen LogP contribution in [0.2, 0.25) is 19.8 Å². The van der Waals surface area contributed by atoms with Crippen LogP contribution in [0.1, 0.15) is 5.56 Å². The van der Waals surface area contributed by atoms with E-state index >= 15 is 0 Å². The van der Waals surface area contributed by atoms with E-state index in [9.17, 15) is 8.42 Å². The molecule has 0 fully saturated rings. The maximum atomic E-state index is 13.1. The van der Waals surface area contributed by atoms with Gasteiger partial charge in [0.05, 0.1) is 0 Å². The molecule has 0 spiro atoms. The zero-order valence-corrected chi connectivity index (χ0v) is 18.5. The molecule has 24 heavy (non-hydrogen) atoms. The second-order valence-electron chi connectivity index (χ2n) is 6.90. The molecule has 0 saturated heterocycles. The van der Waals surface area contributed by atoms with Gasteiger partial charge in [0.2, 0.25) is 0 Å². The van der Waals surface area contributed by atoms with Crippen LogP contribution in [-0.4, -0.2) is 35.8 Å². The summed E-state index contributed by atoms with van der Waals surface area (Å²) in [5, 5.41) is 1.33. The van der Waals surface area contributed by atoms with Gasteiger partial charge in [0.1, 0.15) is 0 Å². The minimum atomic E-state index is -3.71. The topological polar surface area (TPSA) is 52.0 Å². The number of aryl methyl sites for hydroxylation is 1. The predicted molar refractivity (Wildman–Crippen MR) is 101 cm³/mol. The average molecular weight is 470 g/mol. The van der Waals surface area contributed by atoms with Gasteiger partial charge >= 0.3 is 152 Å². The molecule has 0 atom stereocenters. The molecule has 0 aliphatic carbocycles. The quantitative estimate of drug-likeness (QED) is 0.549. The Kier molecular flexibility index (Phi) is 4.47. The summed E-state index contributed by atoms with van der Waals surface area (Å²) in [4.78, 5) is 11.3. The van der Waals surface area contributed by atoms with Crippen molar-refractivity contribution in [3.63, 3.8) is 0 Å². The van der Waals surface area contributed by atoms with Crippen molar-refractivity contribution in [1.29, 1.82) is 0 Å². The summed E-state index contributed by atoms with van der Waals surface area (Å²) in [5.74, 6) is 0. The molecule has 0 unspecified atom stereocenters. The number of nitrogens with zero attached hydrogens (tertiary/aromatic N) is 2. The Labute approximate surface area is 151 Å². The van der Waals surface area contributed by atoms with E-state index in [1.807, 2.05) is 6.92 Å². The summed E-state index contributed by atoms with van der Waals surface area (Å²) in [6, 6.07) is 8.56. The van der Waals surface area contributed by atoms with E-state index < -0.39 is 28.4 Å². The Bertz CT molecular complexity index is 1020. The molecule has 3 aromatic rings. The maximum absolute atomic E-state index is 13.1. The van der Waals surface area contributed by atoms with E-state index in [-0.39, 0.29) is 4.90 Å². The van der Waals surface area contributed by atoms with Gasteiger partial charge in [0.15, 0.2) is 0 Å². The van der Waals surface area contributed by atoms with Crippen molar-refractivity contribution in [2.24, 2.45) is 0 Å². The standard InChI is InChI=1S/C14H10ClN2O2S.3CH3.Sn/c1-10-2-4-11(5-3-10)20(18,19)17-9-7-12-13(15)6-8-16-14(12)17;;;;/h2-6,8-9H,1H3;3*1H3;. The van der Waals surface area contributed by atoms with Gasteiger partial charge in [-0.15, -0.1) is 0 Å². The molecule has 126 valence electrons. The van der Waals surface area contributed by atoms with Gasteiger partial charge in [0.25, 0.3) is 0 Å². The molecule has 2 aromatic heterocycles. The average Bonchev–Trinajstić information content (AvgIpc) is 2.89. The van der Waals surface area contributed by atoms with Crippen LogP contribution < -0.4 is 3.58 Å². The van der Waals surface area contributed by atoms with Crippen LogP contribution in [-0.2, 0) is 10.0 Å². The van der Waals surface area contributed by atoms with E-state index in [0.717, 1.165) is 14.5 Å². The second-order valence-corrected chi connectivity index (χ2v) is 23.5. The van der Waals surface area contributed by atoms with Crippen LogP contribution >= 0.6 is 11.6 Å². The minimum absolute atomic E-state index is 0.252. The van der Waals surface area contributed by atoms with Gasteiger partial charge in [-0.25, -0.2) is 0 Å². The van der Waals surface area contributed by atoms with Crippen molar-refractivity contribution >= 4 is 54.6 Å². The summed E-state index contributed by atoms with van der Waals surface area (Å²) in [5.41, 5.74) is 1.42. The summed E-state index contributed by atoms with van der Waals surface area (Å²) < 4.78 is 28.6. The van der Waals surface area contributed by atoms with E-state index in [1.165, 1.54) is 3.97 Å². The number of fused-ring (bicyclic) bond motifs is 1. The van der Waals surface area contributed by atoms with Crippen molar-refractivity contribution in [3.8, 4) is 0 Å². The van der Waals surface area contributed by atoms with Gasteiger partial charge < -0.3 is 0 Å². The molecular weight excluding hydrogens is 450 g/mol. The van der Waals surface area contributed by atoms with Gasteiger partial charge in [-0.3, -0.25) is 0 Å². The molecule has 0 N–H and O–H groups in total. The van der Waals surface area contributed by atoms with Crippen molar-refractivity contribution in [2.75, 3.05) is 0 Å². The van der Waals surface area contributed by atoms with E-state index in [2.05, 4.69) is 19.8 Å². The number of hydrogen-bond donors (Lipinski definition) is 0. The van der Waals surface area contributed by atoms with Crippen LogP contribution in [0.5, 0.6) is 0 Å². The van der Waals surface area contributed by atoms with Crippen LogP contribution in [0.4, 0.5) is 0 Å². The van der Waals surface area contributed by atoms with Gasteiger partial charge in [-0.05, 0) is 0 Å². The van der Waals surface area contributed by atoms with Crippen LogP contribution in [0, 0.1) is 6.92 Å². The fourth-order valence-electron chi connectivity index (χ4n) is 2.66. The monoisotopic (exact) mass is 470 g/mol. The van der Waals surface area contributed by atoms with E-state index in [4.69, 9.17) is 11.6 Å². The number of pyridine rings is 1. The third-order valence-corrected chi connectivity index (χ3v) is 11.7. The number of benzene rings is 1. The Morgan fingerprint density at radius 1 is 1.08 bits per heavy atom. The first-order valence-corrected chi connectivity index (χ1v) is 19.4. The Balaban J connectivity index is 2.35. The van der Waals surface area contributed by atoms with Gasteiger partial charge in [-0.2, -0.15) is 0 Å². The fourth-order valence-corrected chi connectivity index (χ4v) is 9.03. The van der Waals surface area contributed by atoms with E-state index in [0.29, 0.717) is 10.7 Å². The molecule has 2 heterocycles. The van der Waals surface area contributed by atoms with Crippen molar-refractivity contribution < 1.29 is 8.42 Å². The molecule has 0 radical (unpaired) electrons. The first kappa shape index (κ1) is 17.8. The number of rotatable bonds is 3. The van der Waals surface area contributed by atoms with Crippen molar-refractivity contribution in [1.82, 2.24) is 8.96 Å². The summed E-state index contributed by atoms with van der Waals surface area (Å²) >= 11 is 3.79. The van der Waals surface area contributed by atoms with Crippen LogP contribution in [0.3, 0.4) is 0 Å². The zero-order valence-electron chi connectivity index (χ0n) is 14.0. The molecule has 3 rings (SSSR count). The molecule has 0 saturated carbocycles. The summed E-state index contributed by atoms with van der Waals surface area (Å²) in [6.07, 6.45) is 3.28. The number of halogens is 1.